The molecule has 0 unspecified atom stereocenters. The van der Waals surface area contributed by atoms with Crippen molar-refractivity contribution < 1.29 is 23.8 Å². The molecule has 174 valence electrons. The molecule has 1 aromatic rings. The van der Waals surface area contributed by atoms with Crippen molar-refractivity contribution in [1.29, 1.82) is 0 Å². The molecular weight excluding hydrogens is 406 g/mol. The molecule has 0 saturated carbocycles. The molecule has 1 aliphatic heterocycles. The average molecular weight is 442 g/mol. The predicted octanol–water partition coefficient (Wildman–Crippen LogP) is 4.66. The summed E-state index contributed by atoms with van der Waals surface area (Å²) >= 11 is 0. The van der Waals surface area contributed by atoms with Gasteiger partial charge in [0, 0.05) is 35.6 Å². The predicted molar refractivity (Wildman–Crippen MR) is 123 cm³/mol. The van der Waals surface area contributed by atoms with Gasteiger partial charge in [0.05, 0.1) is 24.7 Å². The Labute approximate surface area is 191 Å². The second kappa shape index (κ2) is 10.3. The lowest BCUT2D eigenvalue weighted by molar-refractivity contribution is -0.140. The van der Waals surface area contributed by atoms with Gasteiger partial charge in [0.1, 0.15) is 12.4 Å². The van der Waals surface area contributed by atoms with Crippen molar-refractivity contribution in [1.82, 2.24) is 5.32 Å². The van der Waals surface area contributed by atoms with Crippen molar-refractivity contribution in [3.8, 4) is 5.75 Å². The highest BCUT2D eigenvalue weighted by atomic mass is 16.6. The van der Waals surface area contributed by atoms with Crippen molar-refractivity contribution in [3.63, 3.8) is 0 Å². The SMILES string of the molecule is CCCOc1ccccc1[C@@H]1C(C(=O)OCCOCC)=C(C)NC2=C1C(=O)CC(C)(C)C2. The molecule has 0 fully saturated rings. The summed E-state index contributed by atoms with van der Waals surface area (Å²) in [6.07, 6.45) is 2.04. The Kier molecular flexibility index (Phi) is 7.77. The highest BCUT2D eigenvalue weighted by Crippen LogP contribution is 2.48. The van der Waals surface area contributed by atoms with E-state index in [9.17, 15) is 9.59 Å². The Morgan fingerprint density at radius 1 is 1.12 bits per heavy atom. The molecule has 3 rings (SSSR count). The number of hydrogen-bond donors (Lipinski definition) is 1. The number of Topliss-reactive ketones (excluding diaryl/α,β-unsaturated/α-hetero) is 1. The maximum absolute atomic E-state index is 13.4. The quantitative estimate of drug-likeness (QED) is 0.444. The van der Waals surface area contributed by atoms with Crippen LogP contribution in [-0.4, -0.2) is 38.2 Å². The van der Waals surface area contributed by atoms with Crippen LogP contribution in [0.25, 0.3) is 0 Å². The number of nitrogens with one attached hydrogen (secondary N) is 1. The molecule has 0 aromatic heterocycles. The molecule has 1 aliphatic carbocycles. The number of hydrogen-bond acceptors (Lipinski definition) is 6. The van der Waals surface area contributed by atoms with Gasteiger partial charge in [-0.3, -0.25) is 4.79 Å². The Balaban J connectivity index is 2.07. The van der Waals surface area contributed by atoms with Crippen LogP contribution in [-0.2, 0) is 19.1 Å². The summed E-state index contributed by atoms with van der Waals surface area (Å²) < 4.78 is 16.9. The first-order valence-electron chi connectivity index (χ1n) is 11.5. The van der Waals surface area contributed by atoms with E-state index in [4.69, 9.17) is 14.2 Å². The van der Waals surface area contributed by atoms with Crippen LogP contribution in [0.4, 0.5) is 0 Å². The number of esters is 1. The van der Waals surface area contributed by atoms with Crippen LogP contribution in [0.2, 0.25) is 0 Å². The van der Waals surface area contributed by atoms with Crippen molar-refractivity contribution in [2.75, 3.05) is 26.4 Å². The van der Waals surface area contributed by atoms with Crippen LogP contribution in [0.1, 0.15) is 65.4 Å². The monoisotopic (exact) mass is 441 g/mol. The minimum absolute atomic E-state index is 0.0613. The largest absolute Gasteiger partial charge is 0.493 e. The standard InChI is InChI=1S/C26H35NO5/c1-6-12-31-21-11-9-8-10-18(21)23-22(25(29)32-14-13-30-7-2)17(3)27-19-15-26(4,5)16-20(28)24(19)23/h8-11,23,27H,6-7,12-16H2,1-5H3/t23-/m1/s1. The van der Waals surface area contributed by atoms with Gasteiger partial charge in [0.2, 0.25) is 0 Å². The molecule has 1 aromatic carbocycles. The van der Waals surface area contributed by atoms with Crippen LogP contribution in [0.3, 0.4) is 0 Å². The molecule has 6 heteroatoms. The number of dihydropyridines is 1. The van der Waals surface area contributed by atoms with E-state index in [-0.39, 0.29) is 17.8 Å². The third kappa shape index (κ3) is 5.23. The Morgan fingerprint density at radius 2 is 1.88 bits per heavy atom. The fourth-order valence-corrected chi connectivity index (χ4v) is 4.50. The van der Waals surface area contributed by atoms with Gasteiger partial charge in [-0.2, -0.15) is 0 Å². The van der Waals surface area contributed by atoms with E-state index in [0.717, 1.165) is 24.1 Å². The molecule has 1 N–H and O–H groups in total. The second-order valence-electron chi connectivity index (χ2n) is 9.15. The molecule has 1 heterocycles. The first kappa shape index (κ1) is 24.1. The molecule has 2 aliphatic rings. The topological polar surface area (TPSA) is 73.9 Å². The Bertz CT molecular complexity index is 928. The van der Waals surface area contributed by atoms with Gasteiger partial charge in [0.25, 0.3) is 0 Å². The van der Waals surface area contributed by atoms with E-state index in [2.05, 4.69) is 19.2 Å². The molecule has 1 atom stereocenters. The smallest absolute Gasteiger partial charge is 0.336 e. The molecule has 0 bridgehead atoms. The number of para-hydroxylation sites is 1. The number of benzene rings is 1. The van der Waals surface area contributed by atoms with Crippen LogP contribution in [0, 0.1) is 5.41 Å². The fraction of sp³-hybridized carbons (Fsp3) is 0.538. The maximum Gasteiger partial charge on any atom is 0.336 e. The van der Waals surface area contributed by atoms with Gasteiger partial charge in [-0.15, -0.1) is 0 Å². The lowest BCUT2D eigenvalue weighted by Crippen LogP contribution is -2.39. The minimum Gasteiger partial charge on any atom is -0.493 e. The van der Waals surface area contributed by atoms with E-state index >= 15 is 0 Å². The van der Waals surface area contributed by atoms with Gasteiger partial charge in [0.15, 0.2) is 5.78 Å². The van der Waals surface area contributed by atoms with Crippen molar-refractivity contribution in [3.05, 3.63) is 52.4 Å². The fourth-order valence-electron chi connectivity index (χ4n) is 4.50. The summed E-state index contributed by atoms with van der Waals surface area (Å²) in [5.74, 6) is -0.207. The number of carbonyl (C=O) groups is 2. The van der Waals surface area contributed by atoms with E-state index in [1.165, 1.54) is 0 Å². The second-order valence-corrected chi connectivity index (χ2v) is 9.15. The number of carbonyl (C=O) groups excluding carboxylic acids is 2. The van der Waals surface area contributed by atoms with Gasteiger partial charge >= 0.3 is 5.97 Å². The van der Waals surface area contributed by atoms with E-state index in [0.29, 0.717) is 48.8 Å². The molecule has 0 spiro atoms. The zero-order valence-corrected chi connectivity index (χ0v) is 19.9. The maximum atomic E-state index is 13.4. The molecule has 0 saturated heterocycles. The average Bonchev–Trinajstić information content (AvgIpc) is 2.73. The first-order chi connectivity index (χ1) is 15.3. The van der Waals surface area contributed by atoms with Crippen LogP contribution in [0.15, 0.2) is 46.8 Å². The summed E-state index contributed by atoms with van der Waals surface area (Å²) in [5, 5.41) is 3.36. The number of allylic oxidation sites excluding steroid dienone is 3. The summed E-state index contributed by atoms with van der Waals surface area (Å²) in [7, 11) is 0. The summed E-state index contributed by atoms with van der Waals surface area (Å²) in [6, 6.07) is 7.67. The third-order valence-corrected chi connectivity index (χ3v) is 5.82. The molecular formula is C26H35NO5. The molecule has 0 radical (unpaired) electrons. The van der Waals surface area contributed by atoms with Crippen molar-refractivity contribution in [2.24, 2.45) is 5.41 Å². The lowest BCUT2D eigenvalue weighted by atomic mass is 9.68. The minimum atomic E-state index is -0.525. The summed E-state index contributed by atoms with van der Waals surface area (Å²) in [6.45, 7) is 11.6. The zero-order chi connectivity index (χ0) is 23.3. The third-order valence-electron chi connectivity index (χ3n) is 5.82. The normalized spacial score (nSPS) is 20.0. The van der Waals surface area contributed by atoms with E-state index in [1.807, 2.05) is 45.0 Å². The van der Waals surface area contributed by atoms with Crippen LogP contribution < -0.4 is 10.1 Å². The van der Waals surface area contributed by atoms with Crippen LogP contribution in [0.5, 0.6) is 5.75 Å². The van der Waals surface area contributed by atoms with Gasteiger partial charge in [-0.25, -0.2) is 4.79 Å². The number of rotatable bonds is 9. The van der Waals surface area contributed by atoms with Gasteiger partial charge in [-0.05, 0) is 38.2 Å². The Hall–Kier alpha value is -2.60. The van der Waals surface area contributed by atoms with Gasteiger partial charge < -0.3 is 19.5 Å². The highest BCUT2D eigenvalue weighted by molar-refractivity contribution is 6.04. The Morgan fingerprint density at radius 3 is 2.59 bits per heavy atom. The summed E-state index contributed by atoms with van der Waals surface area (Å²) in [5.41, 5.74) is 3.40. The first-order valence-corrected chi connectivity index (χ1v) is 11.5. The van der Waals surface area contributed by atoms with E-state index in [1.54, 1.807) is 0 Å². The van der Waals surface area contributed by atoms with E-state index < -0.39 is 11.9 Å². The van der Waals surface area contributed by atoms with Crippen molar-refractivity contribution >= 4 is 11.8 Å². The van der Waals surface area contributed by atoms with Gasteiger partial charge in [-0.1, -0.05) is 39.0 Å². The molecule has 32 heavy (non-hydrogen) atoms. The number of ether oxygens (including phenoxy) is 3. The van der Waals surface area contributed by atoms with Crippen LogP contribution >= 0.6 is 0 Å². The molecule has 0 amide bonds. The zero-order valence-electron chi connectivity index (χ0n) is 19.9. The number of ketones is 1. The van der Waals surface area contributed by atoms with Crippen molar-refractivity contribution in [2.45, 2.75) is 59.8 Å². The molecule has 6 nitrogen and oxygen atoms in total. The highest BCUT2D eigenvalue weighted by Gasteiger charge is 2.44. The summed E-state index contributed by atoms with van der Waals surface area (Å²) in [4.78, 5) is 26.6. The lowest BCUT2D eigenvalue weighted by Gasteiger charge is -2.39.